The van der Waals surface area contributed by atoms with Crippen molar-refractivity contribution in [1.82, 2.24) is 5.32 Å². The van der Waals surface area contributed by atoms with Crippen molar-refractivity contribution in [2.75, 3.05) is 12.4 Å². The molecule has 7 nitrogen and oxygen atoms in total. The molecule has 136 valence electrons. The van der Waals surface area contributed by atoms with E-state index in [1.807, 2.05) is 30.3 Å². The van der Waals surface area contributed by atoms with Gasteiger partial charge in [0.05, 0.1) is 12.7 Å². The minimum atomic E-state index is -0.819. The Morgan fingerprint density at radius 2 is 1.77 bits per heavy atom. The molecule has 2 rings (SSSR count). The van der Waals surface area contributed by atoms with Crippen LogP contribution in [0.5, 0.6) is 0 Å². The van der Waals surface area contributed by atoms with Crippen LogP contribution in [0.4, 0.5) is 10.5 Å². The summed E-state index contributed by atoms with van der Waals surface area (Å²) >= 11 is 0. The van der Waals surface area contributed by atoms with Gasteiger partial charge in [0.15, 0.2) is 0 Å². The maximum Gasteiger partial charge on any atom is 0.408 e. The number of ether oxygens (including phenoxy) is 2. The molecule has 0 radical (unpaired) electrons. The number of anilines is 1. The van der Waals surface area contributed by atoms with Crippen LogP contribution in [-0.2, 0) is 20.9 Å². The van der Waals surface area contributed by atoms with Gasteiger partial charge in [0, 0.05) is 5.69 Å². The quantitative estimate of drug-likeness (QED) is 0.776. The number of amides is 2. The topological polar surface area (TPSA) is 93.7 Å². The van der Waals surface area contributed by atoms with E-state index >= 15 is 0 Å². The Bertz CT molecular complexity index is 777. The van der Waals surface area contributed by atoms with Crippen molar-refractivity contribution in [3.63, 3.8) is 0 Å². The van der Waals surface area contributed by atoms with Crippen LogP contribution in [0.1, 0.15) is 22.8 Å². The van der Waals surface area contributed by atoms with E-state index < -0.39 is 24.0 Å². The third-order valence-corrected chi connectivity index (χ3v) is 3.49. The van der Waals surface area contributed by atoms with E-state index in [9.17, 15) is 14.4 Å². The van der Waals surface area contributed by atoms with E-state index in [1.54, 1.807) is 18.2 Å². The molecule has 2 aromatic rings. The molecule has 2 N–H and O–H groups in total. The van der Waals surface area contributed by atoms with E-state index in [4.69, 9.17) is 4.74 Å². The van der Waals surface area contributed by atoms with Crippen molar-refractivity contribution in [3.8, 4) is 0 Å². The first-order chi connectivity index (χ1) is 12.5. The largest absolute Gasteiger partial charge is 0.465 e. The molecule has 0 aliphatic heterocycles. The summed E-state index contributed by atoms with van der Waals surface area (Å²) in [6.07, 6.45) is -0.695. The van der Waals surface area contributed by atoms with Gasteiger partial charge in [-0.2, -0.15) is 0 Å². The Morgan fingerprint density at radius 3 is 2.46 bits per heavy atom. The number of hydrogen-bond acceptors (Lipinski definition) is 5. The molecule has 7 heteroatoms. The predicted octanol–water partition coefficient (Wildman–Crippen LogP) is 2.73. The summed E-state index contributed by atoms with van der Waals surface area (Å²) in [5, 5.41) is 5.08. The van der Waals surface area contributed by atoms with E-state index in [1.165, 1.54) is 20.1 Å². The highest BCUT2D eigenvalue weighted by molar-refractivity contribution is 5.97. The third kappa shape index (κ3) is 5.62. The molecule has 1 atom stereocenters. The molecule has 0 aliphatic carbocycles. The number of nitrogens with one attached hydrogen (secondary N) is 2. The molecule has 0 saturated carbocycles. The zero-order valence-electron chi connectivity index (χ0n) is 14.5. The summed E-state index contributed by atoms with van der Waals surface area (Å²) < 4.78 is 9.71. The Hall–Kier alpha value is -3.35. The molecule has 0 aliphatic rings. The van der Waals surface area contributed by atoms with Crippen molar-refractivity contribution in [3.05, 3.63) is 65.7 Å². The van der Waals surface area contributed by atoms with E-state index in [-0.39, 0.29) is 6.61 Å². The fraction of sp³-hybridized carbons (Fsp3) is 0.211. The predicted molar refractivity (Wildman–Crippen MR) is 95.6 cm³/mol. The standard InChI is InChI=1S/C19H20N2O5/c1-13(20-19(24)26-12-14-7-4-3-5-8-14)17(22)21-16-10-6-9-15(11-16)18(23)25-2/h3-11,13H,12H2,1-2H3,(H,20,24)(H,21,22)/t13-/m1/s1. The first-order valence-corrected chi connectivity index (χ1v) is 7.96. The van der Waals surface area contributed by atoms with Gasteiger partial charge in [-0.15, -0.1) is 0 Å². The van der Waals surface area contributed by atoms with Gasteiger partial charge in [-0.05, 0) is 30.7 Å². The maximum absolute atomic E-state index is 12.2. The lowest BCUT2D eigenvalue weighted by Gasteiger charge is -2.14. The maximum atomic E-state index is 12.2. The lowest BCUT2D eigenvalue weighted by molar-refractivity contribution is -0.117. The molecule has 2 amide bonds. The van der Waals surface area contributed by atoms with Crippen molar-refractivity contribution in [2.24, 2.45) is 0 Å². The minimum absolute atomic E-state index is 0.113. The van der Waals surface area contributed by atoms with Crippen molar-refractivity contribution >= 4 is 23.7 Å². The lowest BCUT2D eigenvalue weighted by Crippen LogP contribution is -2.41. The zero-order valence-corrected chi connectivity index (χ0v) is 14.5. The van der Waals surface area contributed by atoms with Crippen LogP contribution < -0.4 is 10.6 Å². The highest BCUT2D eigenvalue weighted by Crippen LogP contribution is 2.12. The van der Waals surface area contributed by atoms with Gasteiger partial charge in [-0.25, -0.2) is 9.59 Å². The number of rotatable bonds is 6. The summed E-state index contributed by atoms with van der Waals surface area (Å²) in [5.74, 6) is -0.944. The van der Waals surface area contributed by atoms with Gasteiger partial charge in [-0.3, -0.25) is 4.79 Å². The summed E-state index contributed by atoms with van der Waals surface area (Å²) in [4.78, 5) is 35.5. The fourth-order valence-electron chi connectivity index (χ4n) is 2.10. The van der Waals surface area contributed by atoms with E-state index in [0.29, 0.717) is 11.3 Å². The Labute approximate surface area is 151 Å². The van der Waals surface area contributed by atoms with Gasteiger partial charge in [-0.1, -0.05) is 36.4 Å². The number of carbonyl (C=O) groups excluding carboxylic acids is 3. The highest BCUT2D eigenvalue weighted by atomic mass is 16.5. The Morgan fingerprint density at radius 1 is 1.04 bits per heavy atom. The molecule has 0 heterocycles. The number of benzene rings is 2. The summed E-state index contributed by atoms with van der Waals surface area (Å²) in [7, 11) is 1.28. The number of methoxy groups -OCH3 is 1. The van der Waals surface area contributed by atoms with Crippen LogP contribution in [0.25, 0.3) is 0 Å². The van der Waals surface area contributed by atoms with Gasteiger partial charge in [0.25, 0.3) is 0 Å². The first-order valence-electron chi connectivity index (χ1n) is 7.96. The second-order valence-corrected chi connectivity index (χ2v) is 5.49. The minimum Gasteiger partial charge on any atom is -0.465 e. The van der Waals surface area contributed by atoms with Crippen LogP contribution in [-0.4, -0.2) is 31.1 Å². The molecule has 0 bridgehead atoms. The number of carbonyl (C=O) groups is 3. The number of alkyl carbamates (subject to hydrolysis) is 1. The van der Waals surface area contributed by atoms with Crippen LogP contribution >= 0.6 is 0 Å². The van der Waals surface area contributed by atoms with Gasteiger partial charge >= 0.3 is 12.1 Å². The Balaban J connectivity index is 1.85. The third-order valence-electron chi connectivity index (χ3n) is 3.49. The molecule has 0 spiro atoms. The average Bonchev–Trinajstić information content (AvgIpc) is 2.66. The van der Waals surface area contributed by atoms with Crippen LogP contribution in [0.15, 0.2) is 54.6 Å². The SMILES string of the molecule is COC(=O)c1cccc(NC(=O)[C@@H](C)NC(=O)OCc2ccccc2)c1. The normalized spacial score (nSPS) is 11.2. The average molecular weight is 356 g/mol. The van der Waals surface area contributed by atoms with Gasteiger partial charge < -0.3 is 20.1 Å². The fourth-order valence-corrected chi connectivity index (χ4v) is 2.10. The van der Waals surface area contributed by atoms with Crippen LogP contribution in [0.3, 0.4) is 0 Å². The van der Waals surface area contributed by atoms with Crippen molar-refractivity contribution < 1.29 is 23.9 Å². The van der Waals surface area contributed by atoms with Gasteiger partial charge in [0.1, 0.15) is 12.6 Å². The first kappa shape index (κ1) is 19.0. The zero-order chi connectivity index (χ0) is 18.9. The molecule has 0 fully saturated rings. The molecule has 0 unspecified atom stereocenters. The Kier molecular flexibility index (Phi) is 6.73. The summed E-state index contributed by atoms with van der Waals surface area (Å²) in [6.45, 7) is 1.64. The van der Waals surface area contributed by atoms with Gasteiger partial charge in [0.2, 0.25) is 5.91 Å². The van der Waals surface area contributed by atoms with E-state index in [2.05, 4.69) is 15.4 Å². The molecule has 26 heavy (non-hydrogen) atoms. The number of hydrogen-bond donors (Lipinski definition) is 2. The van der Waals surface area contributed by atoms with Crippen LogP contribution in [0.2, 0.25) is 0 Å². The van der Waals surface area contributed by atoms with Crippen LogP contribution in [0, 0.1) is 0 Å². The van der Waals surface area contributed by atoms with E-state index in [0.717, 1.165) is 5.56 Å². The monoisotopic (exact) mass is 356 g/mol. The smallest absolute Gasteiger partial charge is 0.408 e. The lowest BCUT2D eigenvalue weighted by atomic mass is 10.2. The summed E-state index contributed by atoms with van der Waals surface area (Å²) in [5.41, 5.74) is 1.58. The molecule has 0 saturated heterocycles. The van der Waals surface area contributed by atoms with Crippen molar-refractivity contribution in [1.29, 1.82) is 0 Å². The molecular formula is C19H20N2O5. The highest BCUT2D eigenvalue weighted by Gasteiger charge is 2.17. The second kappa shape index (κ2) is 9.22. The molecule has 2 aromatic carbocycles. The van der Waals surface area contributed by atoms with Crippen molar-refractivity contribution in [2.45, 2.75) is 19.6 Å². The summed E-state index contributed by atoms with van der Waals surface area (Å²) in [6, 6.07) is 14.7. The second-order valence-electron chi connectivity index (χ2n) is 5.49. The molecule has 0 aromatic heterocycles. The number of esters is 1. The molecular weight excluding hydrogens is 336 g/mol.